The lowest BCUT2D eigenvalue weighted by Crippen LogP contribution is -2.36. The van der Waals surface area contributed by atoms with E-state index < -0.39 is 0 Å². The van der Waals surface area contributed by atoms with Crippen molar-refractivity contribution in [2.24, 2.45) is 11.7 Å². The normalized spacial score (nSPS) is 14.6. The number of benzene rings is 1. The molecule has 0 aliphatic carbocycles. The summed E-state index contributed by atoms with van der Waals surface area (Å²) in [6.07, 6.45) is 2.60. The van der Waals surface area contributed by atoms with E-state index in [0.717, 1.165) is 11.9 Å². The van der Waals surface area contributed by atoms with Crippen LogP contribution in [0.4, 0.5) is 0 Å². The Labute approximate surface area is 106 Å². The fourth-order valence-corrected chi connectivity index (χ4v) is 1.95. The Bertz CT molecular complexity index is 591. The maximum absolute atomic E-state index is 12.2. The fourth-order valence-electron chi connectivity index (χ4n) is 1.95. The van der Waals surface area contributed by atoms with Crippen LogP contribution in [0.5, 0.6) is 0 Å². The van der Waals surface area contributed by atoms with Gasteiger partial charge in [-0.3, -0.25) is 9.36 Å². The zero-order chi connectivity index (χ0) is 13.1. The third-order valence-corrected chi connectivity index (χ3v) is 3.51. The van der Waals surface area contributed by atoms with Crippen molar-refractivity contribution in [2.45, 2.75) is 32.9 Å². The number of nitrogens with two attached hydrogens (primary N) is 1. The quantitative estimate of drug-likeness (QED) is 0.893. The highest BCUT2D eigenvalue weighted by Gasteiger charge is 2.13. The summed E-state index contributed by atoms with van der Waals surface area (Å²) in [6, 6.07) is 7.36. The number of hydrogen-bond acceptors (Lipinski definition) is 3. The second kappa shape index (κ2) is 5.31. The maximum Gasteiger partial charge on any atom is 0.261 e. The molecule has 0 bridgehead atoms. The number of aromatic nitrogens is 2. The van der Waals surface area contributed by atoms with Crippen LogP contribution in [-0.2, 0) is 6.54 Å². The van der Waals surface area contributed by atoms with Crippen LogP contribution >= 0.6 is 0 Å². The molecule has 1 aromatic heterocycles. The smallest absolute Gasteiger partial charge is 0.261 e. The summed E-state index contributed by atoms with van der Waals surface area (Å²) in [5.41, 5.74) is 6.80. The van der Waals surface area contributed by atoms with Crippen molar-refractivity contribution < 1.29 is 0 Å². The summed E-state index contributed by atoms with van der Waals surface area (Å²) in [7, 11) is 0. The van der Waals surface area contributed by atoms with Crippen LogP contribution in [-0.4, -0.2) is 15.6 Å². The van der Waals surface area contributed by atoms with Crippen LogP contribution in [0.1, 0.15) is 20.3 Å². The van der Waals surface area contributed by atoms with Crippen LogP contribution in [0.15, 0.2) is 35.4 Å². The molecule has 0 radical (unpaired) electrons. The molecular formula is C14H19N3O. The molecule has 0 saturated carbocycles. The van der Waals surface area contributed by atoms with E-state index in [9.17, 15) is 4.79 Å². The molecule has 2 N–H and O–H groups in total. The largest absolute Gasteiger partial charge is 0.326 e. The van der Waals surface area contributed by atoms with Gasteiger partial charge in [0.1, 0.15) is 0 Å². The SMILES string of the molecule is CCC(C)C(N)Cn1cnc2ccccc2c1=O. The summed E-state index contributed by atoms with van der Waals surface area (Å²) >= 11 is 0. The van der Waals surface area contributed by atoms with Crippen molar-refractivity contribution in [3.05, 3.63) is 40.9 Å². The third-order valence-electron chi connectivity index (χ3n) is 3.51. The molecule has 0 fully saturated rings. The lowest BCUT2D eigenvalue weighted by Gasteiger charge is -2.19. The van der Waals surface area contributed by atoms with Gasteiger partial charge in [-0.1, -0.05) is 32.4 Å². The highest BCUT2D eigenvalue weighted by molar-refractivity contribution is 5.76. The topological polar surface area (TPSA) is 60.9 Å². The molecule has 2 atom stereocenters. The molecule has 2 rings (SSSR count). The highest BCUT2D eigenvalue weighted by Crippen LogP contribution is 2.08. The van der Waals surface area contributed by atoms with E-state index in [4.69, 9.17) is 5.73 Å². The van der Waals surface area contributed by atoms with Crippen molar-refractivity contribution >= 4 is 10.9 Å². The molecule has 1 aromatic carbocycles. The van der Waals surface area contributed by atoms with E-state index in [1.807, 2.05) is 18.2 Å². The molecule has 0 amide bonds. The molecule has 0 saturated heterocycles. The molecule has 18 heavy (non-hydrogen) atoms. The predicted molar refractivity (Wildman–Crippen MR) is 73.4 cm³/mol. The van der Waals surface area contributed by atoms with Gasteiger partial charge in [0.2, 0.25) is 0 Å². The molecule has 2 aromatic rings. The van der Waals surface area contributed by atoms with E-state index in [2.05, 4.69) is 18.8 Å². The van der Waals surface area contributed by atoms with Gasteiger partial charge in [0, 0.05) is 12.6 Å². The second-order valence-corrected chi connectivity index (χ2v) is 4.77. The zero-order valence-corrected chi connectivity index (χ0v) is 10.8. The summed E-state index contributed by atoms with van der Waals surface area (Å²) in [4.78, 5) is 16.5. The Hall–Kier alpha value is -1.68. The van der Waals surface area contributed by atoms with Crippen LogP contribution in [0.2, 0.25) is 0 Å². The molecule has 96 valence electrons. The van der Waals surface area contributed by atoms with Gasteiger partial charge < -0.3 is 5.73 Å². The van der Waals surface area contributed by atoms with Gasteiger partial charge in [0.25, 0.3) is 5.56 Å². The van der Waals surface area contributed by atoms with Gasteiger partial charge in [-0.05, 0) is 18.1 Å². The molecule has 0 spiro atoms. The molecule has 4 heteroatoms. The van der Waals surface area contributed by atoms with Crippen LogP contribution in [0.25, 0.3) is 10.9 Å². The lowest BCUT2D eigenvalue weighted by atomic mass is 10.0. The Morgan fingerprint density at radius 2 is 2.11 bits per heavy atom. The number of fused-ring (bicyclic) bond motifs is 1. The third kappa shape index (κ3) is 2.43. The highest BCUT2D eigenvalue weighted by atomic mass is 16.1. The number of nitrogens with zero attached hydrogens (tertiary/aromatic N) is 2. The average Bonchev–Trinajstić information content (AvgIpc) is 2.41. The predicted octanol–water partition coefficient (Wildman–Crippen LogP) is 1.77. The minimum Gasteiger partial charge on any atom is -0.326 e. The van der Waals surface area contributed by atoms with E-state index in [1.165, 1.54) is 0 Å². The van der Waals surface area contributed by atoms with Crippen molar-refractivity contribution in [3.8, 4) is 0 Å². The van der Waals surface area contributed by atoms with Crippen molar-refractivity contribution in [1.29, 1.82) is 0 Å². The molecule has 0 aliphatic heterocycles. The minimum absolute atomic E-state index is 0.0145. The molecule has 0 aliphatic rings. The fraction of sp³-hybridized carbons (Fsp3) is 0.429. The van der Waals surface area contributed by atoms with Crippen molar-refractivity contribution in [3.63, 3.8) is 0 Å². The van der Waals surface area contributed by atoms with Gasteiger partial charge in [-0.15, -0.1) is 0 Å². The van der Waals surface area contributed by atoms with Gasteiger partial charge in [-0.2, -0.15) is 0 Å². The number of hydrogen-bond donors (Lipinski definition) is 1. The Morgan fingerprint density at radius 1 is 1.39 bits per heavy atom. The molecule has 2 unspecified atom stereocenters. The first-order valence-electron chi connectivity index (χ1n) is 6.33. The first kappa shape index (κ1) is 12.8. The zero-order valence-electron chi connectivity index (χ0n) is 10.8. The van der Waals surface area contributed by atoms with Gasteiger partial charge in [0.15, 0.2) is 0 Å². The summed E-state index contributed by atoms with van der Waals surface area (Å²) in [6.45, 7) is 4.72. The van der Waals surface area contributed by atoms with Gasteiger partial charge in [-0.25, -0.2) is 4.98 Å². The maximum atomic E-state index is 12.2. The van der Waals surface area contributed by atoms with Crippen molar-refractivity contribution in [1.82, 2.24) is 9.55 Å². The van der Waals surface area contributed by atoms with Gasteiger partial charge in [0.05, 0.1) is 17.2 Å². The van der Waals surface area contributed by atoms with E-state index in [0.29, 0.717) is 17.8 Å². The average molecular weight is 245 g/mol. The summed E-state index contributed by atoms with van der Waals surface area (Å²) in [5, 5.41) is 0.649. The van der Waals surface area contributed by atoms with Crippen molar-refractivity contribution in [2.75, 3.05) is 0 Å². The van der Waals surface area contributed by atoms with Crippen LogP contribution < -0.4 is 11.3 Å². The monoisotopic (exact) mass is 245 g/mol. The Morgan fingerprint density at radius 3 is 2.83 bits per heavy atom. The minimum atomic E-state index is -0.0179. The first-order valence-corrected chi connectivity index (χ1v) is 6.33. The summed E-state index contributed by atoms with van der Waals surface area (Å²) in [5.74, 6) is 0.392. The molecular weight excluding hydrogens is 226 g/mol. The Kier molecular flexibility index (Phi) is 3.77. The van der Waals surface area contributed by atoms with E-state index in [-0.39, 0.29) is 11.6 Å². The Balaban J connectivity index is 2.35. The van der Waals surface area contributed by atoms with Crippen LogP contribution in [0, 0.1) is 5.92 Å². The first-order chi connectivity index (χ1) is 8.63. The van der Waals surface area contributed by atoms with Gasteiger partial charge >= 0.3 is 0 Å². The summed E-state index contributed by atoms with van der Waals surface area (Å²) < 4.78 is 1.61. The van der Waals surface area contributed by atoms with E-state index in [1.54, 1.807) is 17.0 Å². The van der Waals surface area contributed by atoms with E-state index >= 15 is 0 Å². The standard InChI is InChI=1S/C14H19N3O/c1-3-10(2)12(15)8-17-9-16-13-7-5-4-6-11(13)14(17)18/h4-7,9-10,12H,3,8,15H2,1-2H3. The molecule has 1 heterocycles. The number of para-hydroxylation sites is 1. The second-order valence-electron chi connectivity index (χ2n) is 4.77. The number of rotatable bonds is 4. The lowest BCUT2D eigenvalue weighted by molar-refractivity contribution is 0.391. The molecule has 4 nitrogen and oxygen atoms in total. The van der Waals surface area contributed by atoms with Crippen LogP contribution in [0.3, 0.4) is 0 Å².